The standard InChI is InChI=1S/C32H35F3NSi2.C13H24O2.Ir/c1-31(2,3)26-17-23(16-21-10-8-9-11-24(21)26)28-19-25(27(20-36-28)32(33,34)35)22-12-13-29-30(18-22)38(6,7)15-14-37(29,4)5;1-5-10(6-2)12(14)9-13(15)11(7-3)8-4;/h8-13,17-20H,14-15H2,1-7H3;9-11,14H,5-8H2,1-4H3;/q-1;;/b;12-9-;. The zero-order chi connectivity index (χ0) is 39.5. The molecule has 0 bridgehead atoms. The Morgan fingerprint density at radius 1 is 0.833 bits per heavy atom. The maximum Gasteiger partial charge on any atom is 0.418 e. The van der Waals surface area contributed by atoms with Crippen LogP contribution in [0, 0.1) is 17.9 Å². The average Bonchev–Trinajstić information content (AvgIpc) is 3.10. The van der Waals surface area contributed by atoms with Crippen molar-refractivity contribution in [2.45, 2.75) is 124 Å². The quantitative estimate of drug-likeness (QED) is 0.0787. The van der Waals surface area contributed by atoms with Crippen LogP contribution in [0.1, 0.15) is 85.3 Å². The van der Waals surface area contributed by atoms with Crippen molar-refractivity contribution in [1.29, 1.82) is 0 Å². The molecule has 1 aromatic heterocycles. The van der Waals surface area contributed by atoms with Crippen molar-refractivity contribution in [2.24, 2.45) is 11.8 Å². The van der Waals surface area contributed by atoms with Crippen molar-refractivity contribution in [3.8, 4) is 22.4 Å². The molecule has 54 heavy (non-hydrogen) atoms. The number of hydrogen-bond acceptors (Lipinski definition) is 3. The van der Waals surface area contributed by atoms with E-state index < -0.39 is 27.9 Å². The molecule has 1 radical (unpaired) electrons. The number of allylic oxidation sites excluding steroid dienone is 2. The van der Waals surface area contributed by atoms with Crippen LogP contribution in [0.15, 0.2) is 72.6 Å². The molecule has 1 aliphatic rings. The smallest absolute Gasteiger partial charge is 0.418 e. The molecule has 0 amide bonds. The second-order valence-corrected chi connectivity index (χ2v) is 26.6. The molecule has 5 rings (SSSR count). The Balaban J connectivity index is 0.000000418. The summed E-state index contributed by atoms with van der Waals surface area (Å²) in [5.41, 5.74) is 2.33. The van der Waals surface area contributed by atoms with Crippen LogP contribution in [0.3, 0.4) is 0 Å². The fraction of sp³-hybridized carbons (Fsp3) is 0.467. The molecule has 0 aliphatic carbocycles. The van der Waals surface area contributed by atoms with E-state index in [9.17, 15) is 23.1 Å². The van der Waals surface area contributed by atoms with Crippen LogP contribution in [0.2, 0.25) is 38.3 Å². The van der Waals surface area contributed by atoms with Gasteiger partial charge < -0.3 is 5.11 Å². The van der Waals surface area contributed by atoms with Gasteiger partial charge in [-0.3, -0.25) is 9.78 Å². The Hall–Kier alpha value is -2.85. The number of carbonyl (C=O) groups excluding carboxylic acids is 1. The second-order valence-electron chi connectivity index (χ2n) is 17.0. The third-order valence-electron chi connectivity index (χ3n) is 11.3. The molecule has 3 aromatic carbocycles. The van der Waals surface area contributed by atoms with E-state index in [1.54, 1.807) is 6.07 Å². The first kappa shape index (κ1) is 45.5. The molecule has 295 valence electrons. The number of nitrogens with zero attached hydrogens (tertiary/aromatic N) is 1. The number of pyridine rings is 1. The van der Waals surface area contributed by atoms with Crippen molar-refractivity contribution in [3.05, 3.63) is 89.8 Å². The van der Waals surface area contributed by atoms with E-state index >= 15 is 0 Å². The van der Waals surface area contributed by atoms with E-state index in [4.69, 9.17) is 0 Å². The number of ketones is 1. The van der Waals surface area contributed by atoms with Crippen molar-refractivity contribution in [2.75, 3.05) is 0 Å². The molecule has 4 aromatic rings. The Morgan fingerprint density at radius 2 is 1.41 bits per heavy atom. The van der Waals surface area contributed by atoms with E-state index in [0.29, 0.717) is 16.8 Å². The number of benzene rings is 3. The molecule has 3 nitrogen and oxygen atoms in total. The first-order valence-electron chi connectivity index (χ1n) is 19.3. The zero-order valence-electron chi connectivity index (χ0n) is 34.0. The number of hydrogen-bond donors (Lipinski definition) is 1. The van der Waals surface area contributed by atoms with Crippen LogP contribution < -0.4 is 10.4 Å². The van der Waals surface area contributed by atoms with Gasteiger partial charge in [0.15, 0.2) is 5.78 Å². The predicted octanol–water partition coefficient (Wildman–Crippen LogP) is 12.4. The number of aromatic nitrogens is 1. The molecular weight excluding hydrogens is 892 g/mol. The summed E-state index contributed by atoms with van der Waals surface area (Å²) in [5.74, 6) is 0.547. The van der Waals surface area contributed by atoms with Gasteiger partial charge in [0.25, 0.3) is 0 Å². The van der Waals surface area contributed by atoms with E-state index in [1.807, 2.05) is 58.0 Å². The van der Waals surface area contributed by atoms with Crippen LogP contribution >= 0.6 is 0 Å². The predicted molar refractivity (Wildman–Crippen MR) is 223 cm³/mol. The summed E-state index contributed by atoms with van der Waals surface area (Å²) in [6.45, 7) is 24.0. The SMILES string of the molecule is CC(C)(C)c1cc(-c2cc(-c3ccc4c(c3)[Si](C)(C)CC[Si]4(C)C)c(C(F)(F)F)cn2)[c-]c2ccccc12.CCC(CC)C(=O)/C=C(\O)C(CC)CC.[Ir]. The summed E-state index contributed by atoms with van der Waals surface area (Å²) in [5, 5.41) is 14.5. The third kappa shape index (κ3) is 10.3. The summed E-state index contributed by atoms with van der Waals surface area (Å²) in [4.78, 5) is 16.1. The van der Waals surface area contributed by atoms with E-state index in [2.05, 4.69) is 76.2 Å². The summed E-state index contributed by atoms with van der Waals surface area (Å²) >= 11 is 0. The van der Waals surface area contributed by atoms with Gasteiger partial charge in [-0.15, -0.1) is 29.1 Å². The van der Waals surface area contributed by atoms with Crippen LogP contribution in [-0.2, 0) is 36.5 Å². The van der Waals surface area contributed by atoms with E-state index in [-0.39, 0.29) is 54.5 Å². The van der Waals surface area contributed by atoms with Crippen molar-refractivity contribution < 1.29 is 43.2 Å². The Labute approximate surface area is 337 Å². The van der Waals surface area contributed by atoms with Crippen molar-refractivity contribution >= 4 is 43.1 Å². The maximum atomic E-state index is 14.3. The zero-order valence-corrected chi connectivity index (χ0v) is 38.4. The van der Waals surface area contributed by atoms with E-state index in [0.717, 1.165) is 48.2 Å². The largest absolute Gasteiger partial charge is 0.512 e. The van der Waals surface area contributed by atoms with Crippen LogP contribution in [-0.4, -0.2) is 32.0 Å². The molecule has 2 heterocycles. The first-order valence-corrected chi connectivity index (χ1v) is 25.7. The number of aliphatic hydroxyl groups is 1. The van der Waals surface area contributed by atoms with Crippen molar-refractivity contribution in [3.63, 3.8) is 0 Å². The Kier molecular flexibility index (Phi) is 15.1. The fourth-order valence-electron chi connectivity index (χ4n) is 7.59. The number of carbonyl (C=O) groups is 1. The first-order chi connectivity index (χ1) is 24.7. The molecule has 9 heteroatoms. The Bertz CT molecular complexity index is 1960. The Morgan fingerprint density at radius 3 is 1.96 bits per heavy atom. The fourth-order valence-corrected chi connectivity index (χ4v) is 17.9. The van der Waals surface area contributed by atoms with Crippen LogP contribution in [0.5, 0.6) is 0 Å². The van der Waals surface area contributed by atoms with Gasteiger partial charge in [-0.25, -0.2) is 0 Å². The molecule has 1 aliphatic heterocycles. The van der Waals surface area contributed by atoms with Gasteiger partial charge in [0.1, 0.15) is 0 Å². The summed E-state index contributed by atoms with van der Waals surface area (Å²) in [6, 6.07) is 23.7. The molecular formula is C45H59F3IrNO2Si2-. The van der Waals surface area contributed by atoms with Crippen LogP contribution in [0.25, 0.3) is 33.2 Å². The number of rotatable bonds is 9. The monoisotopic (exact) mass is 951 g/mol. The summed E-state index contributed by atoms with van der Waals surface area (Å²) in [6.07, 6.45) is 1.41. The number of aliphatic hydroxyl groups excluding tert-OH is 1. The third-order valence-corrected chi connectivity index (χ3v) is 18.8. The number of alkyl halides is 3. The minimum absolute atomic E-state index is 0. The topological polar surface area (TPSA) is 50.2 Å². The minimum Gasteiger partial charge on any atom is -0.512 e. The van der Waals surface area contributed by atoms with E-state index in [1.165, 1.54) is 28.5 Å². The van der Waals surface area contributed by atoms with Gasteiger partial charge in [-0.1, -0.05) is 151 Å². The van der Waals surface area contributed by atoms with Gasteiger partial charge in [0.05, 0.1) is 27.5 Å². The van der Waals surface area contributed by atoms with Gasteiger partial charge in [-0.05, 0) is 42.2 Å². The van der Waals surface area contributed by atoms with Gasteiger partial charge >= 0.3 is 6.18 Å². The molecule has 0 saturated heterocycles. The summed E-state index contributed by atoms with van der Waals surface area (Å²) in [7, 11) is -3.33. The molecule has 0 saturated carbocycles. The maximum absolute atomic E-state index is 14.3. The molecule has 1 N–H and O–H groups in total. The van der Waals surface area contributed by atoms with Crippen molar-refractivity contribution in [1.82, 2.24) is 4.98 Å². The number of halogens is 3. The molecule has 0 spiro atoms. The average molecular weight is 951 g/mol. The van der Waals surface area contributed by atoms with Gasteiger partial charge in [-0.2, -0.15) is 13.2 Å². The second kappa shape index (κ2) is 18.0. The molecule has 0 unspecified atom stereocenters. The van der Waals surface area contributed by atoms with Crippen LogP contribution in [0.4, 0.5) is 13.2 Å². The molecule has 0 fully saturated rings. The molecule has 0 atom stereocenters. The van der Waals surface area contributed by atoms with Gasteiger partial charge in [0, 0.05) is 49.9 Å². The van der Waals surface area contributed by atoms with Gasteiger partial charge in [0.2, 0.25) is 0 Å². The summed E-state index contributed by atoms with van der Waals surface area (Å²) < 4.78 is 42.8. The normalized spacial score (nSPS) is 15.4. The minimum atomic E-state index is -4.50. The number of fused-ring (bicyclic) bond motifs is 2.